The number of carbonyl (C=O) groups excluding carboxylic acids is 1. The average molecular weight is 383 g/mol. The van der Waals surface area contributed by atoms with Gasteiger partial charge in [-0.3, -0.25) is 4.79 Å². The van der Waals surface area contributed by atoms with Crippen molar-refractivity contribution in [3.63, 3.8) is 0 Å². The molecule has 10 heteroatoms. The molecule has 0 bridgehead atoms. The number of hydrogen-bond donors (Lipinski definition) is 1. The predicted octanol–water partition coefficient (Wildman–Crippen LogP) is 2.21. The number of alkyl halides is 3. The number of rotatable bonds is 4. The third kappa shape index (κ3) is 3.80. The first-order chi connectivity index (χ1) is 12.7. The summed E-state index contributed by atoms with van der Waals surface area (Å²) in [5, 5.41) is 13.3. The summed E-state index contributed by atoms with van der Waals surface area (Å²) in [5.74, 6) is -1.77. The summed E-state index contributed by atoms with van der Waals surface area (Å²) < 4.78 is 44.8. The van der Waals surface area contributed by atoms with Crippen LogP contribution >= 0.6 is 0 Å². The minimum atomic E-state index is -4.50. The number of aliphatic carboxylic acids is 1. The third-order valence-corrected chi connectivity index (χ3v) is 4.39. The van der Waals surface area contributed by atoms with E-state index in [9.17, 15) is 27.9 Å². The minimum absolute atomic E-state index is 0.0598. The maximum absolute atomic E-state index is 12.9. The number of benzene rings is 1. The molecule has 0 spiro atoms. The largest absolute Gasteiger partial charge is 0.480 e. The van der Waals surface area contributed by atoms with E-state index in [0.29, 0.717) is 0 Å². The molecule has 1 saturated heterocycles. The Hall–Kier alpha value is -2.88. The molecule has 2 aromatic rings. The molecule has 1 aromatic heterocycles. The lowest BCUT2D eigenvalue weighted by Gasteiger charge is -2.19. The Bertz CT molecular complexity index is 865. The van der Waals surface area contributed by atoms with Crippen LogP contribution in [0.1, 0.15) is 22.5 Å². The zero-order chi connectivity index (χ0) is 19.8. The lowest BCUT2D eigenvalue weighted by atomic mass is 10.2. The van der Waals surface area contributed by atoms with Gasteiger partial charge in [-0.1, -0.05) is 6.07 Å². The van der Waals surface area contributed by atoms with Crippen molar-refractivity contribution < 1.29 is 32.6 Å². The number of carboxylic acids is 1. The Morgan fingerprint density at radius 1 is 1.30 bits per heavy atom. The van der Waals surface area contributed by atoms with Crippen LogP contribution in [0.15, 0.2) is 36.5 Å². The van der Waals surface area contributed by atoms with Crippen LogP contribution in [-0.2, 0) is 15.7 Å². The van der Waals surface area contributed by atoms with Gasteiger partial charge in [0, 0.05) is 26.3 Å². The number of carboxylic acid groups (broad SMARTS) is 1. The molecule has 1 aromatic carbocycles. The fourth-order valence-corrected chi connectivity index (χ4v) is 2.98. The summed E-state index contributed by atoms with van der Waals surface area (Å²) in [5.41, 5.74) is -0.762. The predicted molar refractivity (Wildman–Crippen MR) is 86.4 cm³/mol. The van der Waals surface area contributed by atoms with Crippen molar-refractivity contribution in [3.05, 3.63) is 47.8 Å². The molecule has 7 nitrogen and oxygen atoms in total. The van der Waals surface area contributed by atoms with Crippen LogP contribution in [0.4, 0.5) is 13.2 Å². The summed E-state index contributed by atoms with van der Waals surface area (Å²) in [6, 6.07) is 4.81. The van der Waals surface area contributed by atoms with Crippen LogP contribution in [0.25, 0.3) is 5.69 Å². The second-order valence-electron chi connectivity index (χ2n) is 6.10. The van der Waals surface area contributed by atoms with Gasteiger partial charge < -0.3 is 14.7 Å². The van der Waals surface area contributed by atoms with Gasteiger partial charge in [0.1, 0.15) is 6.04 Å². The van der Waals surface area contributed by atoms with E-state index >= 15 is 0 Å². The van der Waals surface area contributed by atoms with Gasteiger partial charge in [-0.2, -0.15) is 18.3 Å². The number of hydrogen-bond acceptors (Lipinski definition) is 4. The van der Waals surface area contributed by atoms with Gasteiger partial charge in [0.05, 0.1) is 17.4 Å². The van der Waals surface area contributed by atoms with E-state index < -0.39 is 35.8 Å². The summed E-state index contributed by atoms with van der Waals surface area (Å²) in [6.45, 7) is 0.0999. The molecule has 1 amide bonds. The van der Waals surface area contributed by atoms with Crippen molar-refractivity contribution in [1.29, 1.82) is 0 Å². The molecule has 0 saturated carbocycles. The number of ether oxygens (including phenoxy) is 1. The monoisotopic (exact) mass is 383 g/mol. The first-order valence-electron chi connectivity index (χ1n) is 8.00. The molecule has 2 heterocycles. The number of likely N-dealkylation sites (tertiary alicyclic amines) is 1. The van der Waals surface area contributed by atoms with Crippen molar-refractivity contribution in [2.45, 2.75) is 24.7 Å². The molecule has 0 radical (unpaired) electrons. The second-order valence-corrected chi connectivity index (χ2v) is 6.10. The Balaban J connectivity index is 1.85. The topological polar surface area (TPSA) is 84.7 Å². The molecule has 2 atom stereocenters. The Morgan fingerprint density at radius 2 is 2.04 bits per heavy atom. The van der Waals surface area contributed by atoms with Crippen molar-refractivity contribution in [2.75, 3.05) is 13.7 Å². The fraction of sp³-hybridized carbons (Fsp3) is 0.353. The number of carbonyl (C=O) groups is 2. The van der Waals surface area contributed by atoms with Gasteiger partial charge in [-0.05, 0) is 24.3 Å². The van der Waals surface area contributed by atoms with Crippen LogP contribution in [0.2, 0.25) is 0 Å². The Kier molecular flexibility index (Phi) is 4.92. The van der Waals surface area contributed by atoms with Crippen molar-refractivity contribution in [3.8, 4) is 5.69 Å². The number of nitrogens with zero attached hydrogens (tertiary/aromatic N) is 3. The van der Waals surface area contributed by atoms with E-state index in [1.54, 1.807) is 0 Å². The van der Waals surface area contributed by atoms with Crippen molar-refractivity contribution in [1.82, 2.24) is 14.7 Å². The van der Waals surface area contributed by atoms with Crippen LogP contribution < -0.4 is 0 Å². The highest BCUT2D eigenvalue weighted by Gasteiger charge is 2.40. The number of halogens is 3. The van der Waals surface area contributed by atoms with Gasteiger partial charge in [-0.25, -0.2) is 9.48 Å². The number of aromatic nitrogens is 2. The van der Waals surface area contributed by atoms with Gasteiger partial charge in [0.2, 0.25) is 0 Å². The van der Waals surface area contributed by atoms with E-state index in [2.05, 4.69) is 5.10 Å². The summed E-state index contributed by atoms with van der Waals surface area (Å²) >= 11 is 0. The van der Waals surface area contributed by atoms with E-state index in [0.717, 1.165) is 21.7 Å². The smallest absolute Gasteiger partial charge is 0.416 e. The summed E-state index contributed by atoms with van der Waals surface area (Å²) in [4.78, 5) is 25.2. The molecule has 2 unspecified atom stereocenters. The van der Waals surface area contributed by atoms with Crippen LogP contribution in [-0.4, -0.2) is 57.5 Å². The molecule has 3 rings (SSSR count). The molecule has 1 N–H and O–H groups in total. The molecule has 1 fully saturated rings. The quantitative estimate of drug-likeness (QED) is 0.875. The van der Waals surface area contributed by atoms with Crippen molar-refractivity contribution >= 4 is 11.9 Å². The standard InChI is InChI=1S/C17H16F3N3O4/c1-27-12-8-14(16(25)26)22(9-12)15(24)13-5-6-23(21-13)11-4-2-3-10(7-11)17(18,19)20/h2-7,12,14H,8-9H2,1H3,(H,25,26). The third-order valence-electron chi connectivity index (χ3n) is 4.39. The highest BCUT2D eigenvalue weighted by atomic mass is 19.4. The lowest BCUT2D eigenvalue weighted by Crippen LogP contribution is -2.40. The van der Waals surface area contributed by atoms with Crippen LogP contribution in [0.3, 0.4) is 0 Å². The van der Waals surface area contributed by atoms with Crippen LogP contribution in [0.5, 0.6) is 0 Å². The fourth-order valence-electron chi connectivity index (χ4n) is 2.98. The van der Waals surface area contributed by atoms with Gasteiger partial charge in [-0.15, -0.1) is 0 Å². The molecule has 0 aliphatic carbocycles. The average Bonchev–Trinajstić information content (AvgIpc) is 3.28. The molecule has 1 aliphatic heterocycles. The molecule has 1 aliphatic rings. The normalized spacial score (nSPS) is 20.1. The highest BCUT2D eigenvalue weighted by Crippen LogP contribution is 2.30. The first kappa shape index (κ1) is 18.9. The van der Waals surface area contributed by atoms with E-state index in [1.165, 1.54) is 31.5 Å². The molecule has 27 heavy (non-hydrogen) atoms. The number of amides is 1. The molecular weight excluding hydrogens is 367 g/mol. The van der Waals surface area contributed by atoms with E-state index in [-0.39, 0.29) is 24.3 Å². The maximum atomic E-state index is 12.9. The summed E-state index contributed by atoms with van der Waals surface area (Å²) in [7, 11) is 1.43. The lowest BCUT2D eigenvalue weighted by molar-refractivity contribution is -0.141. The summed E-state index contributed by atoms with van der Waals surface area (Å²) in [6.07, 6.45) is -3.39. The number of methoxy groups -OCH3 is 1. The van der Waals surface area contributed by atoms with E-state index in [4.69, 9.17) is 4.74 Å². The SMILES string of the molecule is COC1CC(C(=O)O)N(C(=O)c2ccn(-c3cccc(C(F)(F)F)c3)n2)C1. The first-order valence-corrected chi connectivity index (χ1v) is 8.00. The van der Waals surface area contributed by atoms with Gasteiger partial charge in [0.25, 0.3) is 5.91 Å². The molecule has 144 valence electrons. The maximum Gasteiger partial charge on any atom is 0.416 e. The molecular formula is C17H16F3N3O4. The zero-order valence-corrected chi connectivity index (χ0v) is 14.2. The highest BCUT2D eigenvalue weighted by molar-refractivity contribution is 5.95. The van der Waals surface area contributed by atoms with E-state index in [1.807, 2.05) is 0 Å². The van der Waals surface area contributed by atoms with Gasteiger partial charge in [0.15, 0.2) is 5.69 Å². The zero-order valence-electron chi connectivity index (χ0n) is 14.2. The van der Waals surface area contributed by atoms with Crippen LogP contribution in [0, 0.1) is 0 Å². The Labute approximate surface area is 151 Å². The minimum Gasteiger partial charge on any atom is -0.480 e. The second kappa shape index (κ2) is 7.03. The Morgan fingerprint density at radius 3 is 2.67 bits per heavy atom. The van der Waals surface area contributed by atoms with Gasteiger partial charge >= 0.3 is 12.1 Å². The van der Waals surface area contributed by atoms with Crippen molar-refractivity contribution in [2.24, 2.45) is 0 Å².